The monoisotopic (exact) mass is 294 g/mol. The Balaban J connectivity index is 2.09. The van der Waals surface area contributed by atoms with Crippen molar-refractivity contribution >= 4 is 11.6 Å². The molecule has 0 saturated carbocycles. The molecule has 1 atom stereocenters. The van der Waals surface area contributed by atoms with E-state index in [0.717, 1.165) is 11.1 Å². The topological polar surface area (TPSA) is 29.5 Å². The van der Waals surface area contributed by atoms with Crippen LogP contribution in [0, 0.1) is 12.7 Å². The Morgan fingerprint density at radius 2 is 2.00 bits per heavy atom. The first-order valence-corrected chi connectivity index (χ1v) is 6.70. The highest BCUT2D eigenvalue weighted by Crippen LogP contribution is 2.24. The molecule has 0 radical (unpaired) electrons. The first-order valence-electron chi connectivity index (χ1n) is 6.32. The van der Waals surface area contributed by atoms with Crippen molar-refractivity contribution in [2.24, 2.45) is 0 Å². The third kappa shape index (κ3) is 3.50. The maximum atomic E-state index is 13.7. The molecule has 0 aliphatic heterocycles. The summed E-state index contributed by atoms with van der Waals surface area (Å²) >= 11 is 6.11. The van der Waals surface area contributed by atoms with Gasteiger partial charge in [0.25, 0.3) is 0 Å². The molecule has 2 aromatic carbocycles. The zero-order chi connectivity index (χ0) is 14.7. The van der Waals surface area contributed by atoms with Crippen LogP contribution in [-0.4, -0.2) is 5.11 Å². The Labute approximate surface area is 122 Å². The van der Waals surface area contributed by atoms with Crippen LogP contribution in [0.3, 0.4) is 0 Å². The van der Waals surface area contributed by atoms with Gasteiger partial charge in [0.2, 0.25) is 0 Å². The molecule has 106 valence electrons. The number of halogens is 2. The first-order chi connectivity index (χ1) is 9.47. The Kier molecular flexibility index (Phi) is 4.63. The van der Waals surface area contributed by atoms with Gasteiger partial charge < -0.3 is 9.84 Å². The molecule has 0 saturated heterocycles. The number of hydrogen-bond acceptors (Lipinski definition) is 2. The number of aliphatic hydroxyl groups excluding tert-OH is 1. The van der Waals surface area contributed by atoms with Gasteiger partial charge in [-0.25, -0.2) is 4.39 Å². The number of aryl methyl sites for hydroxylation is 1. The van der Waals surface area contributed by atoms with Gasteiger partial charge in [0.05, 0.1) is 6.10 Å². The Morgan fingerprint density at radius 1 is 1.25 bits per heavy atom. The molecule has 0 spiro atoms. The van der Waals surface area contributed by atoms with Crippen LogP contribution in [0.4, 0.5) is 4.39 Å². The van der Waals surface area contributed by atoms with Crippen LogP contribution in [0.25, 0.3) is 0 Å². The summed E-state index contributed by atoms with van der Waals surface area (Å²) in [5.74, 6) is -0.0731. The van der Waals surface area contributed by atoms with Crippen molar-refractivity contribution in [3.8, 4) is 5.75 Å². The molecule has 0 heterocycles. The van der Waals surface area contributed by atoms with Crippen LogP contribution in [0.1, 0.15) is 29.7 Å². The molecular formula is C16H16ClFO2. The van der Waals surface area contributed by atoms with E-state index in [9.17, 15) is 9.50 Å². The van der Waals surface area contributed by atoms with Gasteiger partial charge in [-0.2, -0.15) is 0 Å². The fourth-order valence-electron chi connectivity index (χ4n) is 1.87. The molecular weight excluding hydrogens is 279 g/mol. The van der Waals surface area contributed by atoms with Gasteiger partial charge in [-0.15, -0.1) is 0 Å². The summed E-state index contributed by atoms with van der Waals surface area (Å²) < 4.78 is 19.2. The van der Waals surface area contributed by atoms with E-state index in [1.54, 1.807) is 6.07 Å². The number of hydrogen-bond donors (Lipinski definition) is 1. The van der Waals surface area contributed by atoms with Crippen LogP contribution >= 0.6 is 11.6 Å². The van der Waals surface area contributed by atoms with Crippen molar-refractivity contribution < 1.29 is 14.2 Å². The highest BCUT2D eigenvalue weighted by atomic mass is 35.5. The summed E-state index contributed by atoms with van der Waals surface area (Å²) in [6, 6.07) is 10.1. The van der Waals surface area contributed by atoms with Gasteiger partial charge in [0.15, 0.2) is 0 Å². The second-order valence-corrected chi connectivity index (χ2v) is 5.15. The maximum absolute atomic E-state index is 13.7. The summed E-state index contributed by atoms with van der Waals surface area (Å²) in [5, 5.41) is 10.00. The van der Waals surface area contributed by atoms with Crippen molar-refractivity contribution in [1.82, 2.24) is 0 Å². The summed E-state index contributed by atoms with van der Waals surface area (Å²) in [7, 11) is 0. The zero-order valence-corrected chi connectivity index (χ0v) is 12.1. The molecule has 0 aromatic heterocycles. The van der Waals surface area contributed by atoms with Gasteiger partial charge in [-0.3, -0.25) is 0 Å². The lowest BCUT2D eigenvalue weighted by Gasteiger charge is -2.11. The van der Waals surface area contributed by atoms with Gasteiger partial charge in [-0.05, 0) is 37.6 Å². The lowest BCUT2D eigenvalue weighted by molar-refractivity contribution is 0.194. The smallest absolute Gasteiger partial charge is 0.132 e. The number of rotatable bonds is 4. The van der Waals surface area contributed by atoms with E-state index < -0.39 is 11.9 Å². The van der Waals surface area contributed by atoms with Crippen molar-refractivity contribution in [2.45, 2.75) is 26.6 Å². The maximum Gasteiger partial charge on any atom is 0.132 e. The molecule has 0 aliphatic rings. The lowest BCUT2D eigenvalue weighted by atomic mass is 10.1. The third-order valence-corrected chi connectivity index (χ3v) is 3.38. The predicted octanol–water partition coefficient (Wildman–Crippen LogP) is 4.42. The van der Waals surface area contributed by atoms with E-state index in [0.29, 0.717) is 10.8 Å². The highest BCUT2D eigenvalue weighted by Gasteiger charge is 2.09. The molecule has 1 N–H and O–H groups in total. The summed E-state index contributed by atoms with van der Waals surface area (Å²) in [6.07, 6.45) is -0.837. The average molecular weight is 295 g/mol. The van der Waals surface area contributed by atoms with Crippen LogP contribution in [-0.2, 0) is 6.61 Å². The predicted molar refractivity (Wildman–Crippen MR) is 77.6 cm³/mol. The molecule has 0 bridgehead atoms. The van der Waals surface area contributed by atoms with E-state index in [-0.39, 0.29) is 12.2 Å². The van der Waals surface area contributed by atoms with Gasteiger partial charge >= 0.3 is 0 Å². The summed E-state index contributed by atoms with van der Waals surface area (Å²) in [4.78, 5) is 0. The first kappa shape index (κ1) is 14.8. The molecule has 2 nitrogen and oxygen atoms in total. The second-order valence-electron chi connectivity index (χ2n) is 4.74. The minimum absolute atomic E-state index is 0.255. The molecule has 0 fully saturated rings. The normalized spacial score (nSPS) is 12.2. The van der Waals surface area contributed by atoms with Crippen molar-refractivity contribution in [3.63, 3.8) is 0 Å². The SMILES string of the molecule is Cc1ccc(COc2ccc([C@@H](C)O)c(F)c2)c(Cl)c1. The molecule has 20 heavy (non-hydrogen) atoms. The summed E-state index contributed by atoms with van der Waals surface area (Å²) in [6.45, 7) is 3.75. The van der Waals surface area contributed by atoms with Gasteiger partial charge in [0, 0.05) is 22.2 Å². The van der Waals surface area contributed by atoms with Crippen molar-refractivity contribution in [1.29, 1.82) is 0 Å². The van der Waals surface area contributed by atoms with E-state index in [1.807, 2.05) is 25.1 Å². The molecule has 0 amide bonds. The Bertz CT molecular complexity index is 611. The van der Waals surface area contributed by atoms with Crippen LogP contribution in [0.5, 0.6) is 5.75 Å². The summed E-state index contributed by atoms with van der Waals surface area (Å²) in [5.41, 5.74) is 2.18. The van der Waals surface area contributed by atoms with Crippen molar-refractivity contribution in [3.05, 3.63) is 63.9 Å². The Hall–Kier alpha value is -1.58. The molecule has 0 aliphatic carbocycles. The third-order valence-electron chi connectivity index (χ3n) is 3.02. The second kappa shape index (κ2) is 6.25. The van der Waals surface area contributed by atoms with E-state index in [2.05, 4.69) is 0 Å². The minimum atomic E-state index is -0.837. The number of ether oxygens (including phenoxy) is 1. The van der Waals surface area contributed by atoms with Crippen LogP contribution in [0.2, 0.25) is 5.02 Å². The highest BCUT2D eigenvalue weighted by molar-refractivity contribution is 6.31. The zero-order valence-electron chi connectivity index (χ0n) is 11.4. The fraction of sp³-hybridized carbons (Fsp3) is 0.250. The van der Waals surface area contributed by atoms with Gasteiger partial charge in [-0.1, -0.05) is 23.7 Å². The fourth-order valence-corrected chi connectivity index (χ4v) is 2.16. The van der Waals surface area contributed by atoms with E-state index in [4.69, 9.17) is 16.3 Å². The number of aliphatic hydroxyl groups is 1. The quantitative estimate of drug-likeness (QED) is 0.904. The van der Waals surface area contributed by atoms with E-state index >= 15 is 0 Å². The molecule has 2 rings (SSSR count). The molecule has 2 aromatic rings. The standard InChI is InChI=1S/C16H16ClFO2/c1-10-3-4-12(15(17)7-10)9-20-13-5-6-14(11(2)19)16(18)8-13/h3-8,11,19H,9H2,1-2H3/t11-/m1/s1. The Morgan fingerprint density at radius 3 is 2.60 bits per heavy atom. The minimum Gasteiger partial charge on any atom is -0.489 e. The number of benzene rings is 2. The molecule has 4 heteroatoms. The van der Waals surface area contributed by atoms with Crippen LogP contribution < -0.4 is 4.74 Å². The van der Waals surface area contributed by atoms with Crippen molar-refractivity contribution in [2.75, 3.05) is 0 Å². The van der Waals surface area contributed by atoms with E-state index in [1.165, 1.54) is 19.1 Å². The van der Waals surface area contributed by atoms with Gasteiger partial charge in [0.1, 0.15) is 18.2 Å². The average Bonchev–Trinajstić information content (AvgIpc) is 2.37. The molecule has 0 unspecified atom stereocenters. The van der Waals surface area contributed by atoms with Crippen LogP contribution in [0.15, 0.2) is 36.4 Å². The largest absolute Gasteiger partial charge is 0.489 e. The lowest BCUT2D eigenvalue weighted by Crippen LogP contribution is -1.99.